The van der Waals surface area contributed by atoms with Crippen molar-refractivity contribution >= 4 is 0 Å². The molecule has 3 heteroatoms. The van der Waals surface area contributed by atoms with Gasteiger partial charge >= 0.3 is 0 Å². The first kappa shape index (κ1) is 13.8. The number of nitrogens with one attached hydrogen (secondary N) is 1. The lowest BCUT2D eigenvalue weighted by Gasteiger charge is -2.19. The molecule has 2 rings (SSSR count). The van der Waals surface area contributed by atoms with Crippen LogP contribution in [-0.4, -0.2) is 5.16 Å². The monoisotopic (exact) mass is 258 g/mol. The maximum Gasteiger partial charge on any atom is 0.150 e. The molecule has 0 amide bonds. The molecule has 0 radical (unpaired) electrons. The highest BCUT2D eigenvalue weighted by atomic mass is 16.5. The standard InChI is InChI=1S/C16H22N2O/c1-10-6-11(2)16(12(3)7-10)14(5)17-9-15-8-13(4)18-19-15/h6-8,14,17H,9H2,1-5H3. The number of rotatable bonds is 4. The molecule has 0 fully saturated rings. The first-order valence-electron chi connectivity index (χ1n) is 6.70. The van der Waals surface area contributed by atoms with E-state index >= 15 is 0 Å². The molecule has 1 aromatic heterocycles. The van der Waals surface area contributed by atoms with Crippen molar-refractivity contribution in [2.24, 2.45) is 0 Å². The molecule has 0 aliphatic carbocycles. The Labute approximate surface area is 115 Å². The Morgan fingerprint density at radius 2 is 1.74 bits per heavy atom. The van der Waals surface area contributed by atoms with Crippen molar-refractivity contribution in [1.29, 1.82) is 0 Å². The third kappa shape index (κ3) is 3.24. The number of aryl methyl sites for hydroxylation is 4. The summed E-state index contributed by atoms with van der Waals surface area (Å²) in [4.78, 5) is 0. The van der Waals surface area contributed by atoms with Crippen LogP contribution < -0.4 is 5.32 Å². The first-order chi connectivity index (χ1) is 8.97. The van der Waals surface area contributed by atoms with Crippen molar-refractivity contribution in [3.05, 3.63) is 51.9 Å². The third-order valence-corrected chi connectivity index (χ3v) is 3.43. The van der Waals surface area contributed by atoms with Gasteiger partial charge in [-0.3, -0.25) is 0 Å². The van der Waals surface area contributed by atoms with Crippen molar-refractivity contribution in [1.82, 2.24) is 10.5 Å². The average Bonchev–Trinajstić information content (AvgIpc) is 2.71. The minimum Gasteiger partial charge on any atom is -0.360 e. The normalized spacial score (nSPS) is 12.7. The van der Waals surface area contributed by atoms with Gasteiger partial charge in [-0.05, 0) is 51.3 Å². The smallest absolute Gasteiger partial charge is 0.150 e. The SMILES string of the molecule is Cc1cc(C)c(C(C)NCc2cc(C)no2)c(C)c1. The topological polar surface area (TPSA) is 38.1 Å². The molecule has 2 aromatic rings. The minimum absolute atomic E-state index is 0.297. The molecule has 1 N–H and O–H groups in total. The molecule has 1 aromatic carbocycles. The van der Waals surface area contributed by atoms with Gasteiger partial charge in [0.2, 0.25) is 0 Å². The van der Waals surface area contributed by atoms with Gasteiger partial charge in [-0.15, -0.1) is 0 Å². The lowest BCUT2D eigenvalue weighted by molar-refractivity contribution is 0.363. The van der Waals surface area contributed by atoms with Crippen LogP contribution >= 0.6 is 0 Å². The second-order valence-corrected chi connectivity index (χ2v) is 5.35. The molecular weight excluding hydrogens is 236 g/mol. The molecule has 1 atom stereocenters. The Morgan fingerprint density at radius 1 is 1.11 bits per heavy atom. The van der Waals surface area contributed by atoms with Gasteiger partial charge < -0.3 is 9.84 Å². The van der Waals surface area contributed by atoms with Crippen LogP contribution in [0.3, 0.4) is 0 Å². The van der Waals surface area contributed by atoms with Gasteiger partial charge in [0.15, 0.2) is 5.76 Å². The largest absolute Gasteiger partial charge is 0.360 e. The van der Waals surface area contributed by atoms with E-state index < -0.39 is 0 Å². The molecule has 0 saturated carbocycles. The van der Waals surface area contributed by atoms with E-state index in [1.165, 1.54) is 22.3 Å². The fraction of sp³-hybridized carbons (Fsp3) is 0.438. The average molecular weight is 258 g/mol. The predicted octanol–water partition coefficient (Wildman–Crippen LogP) is 3.76. The molecule has 19 heavy (non-hydrogen) atoms. The molecule has 0 saturated heterocycles. The molecule has 1 heterocycles. The van der Waals surface area contributed by atoms with Crippen molar-refractivity contribution in [3.8, 4) is 0 Å². The van der Waals surface area contributed by atoms with Crippen LogP contribution in [0.1, 0.15) is 46.7 Å². The zero-order valence-corrected chi connectivity index (χ0v) is 12.4. The number of benzene rings is 1. The van der Waals surface area contributed by atoms with E-state index in [1.54, 1.807) is 0 Å². The lowest BCUT2D eigenvalue weighted by atomic mass is 9.95. The van der Waals surface area contributed by atoms with Gasteiger partial charge in [0, 0.05) is 12.1 Å². The van der Waals surface area contributed by atoms with E-state index in [0.29, 0.717) is 12.6 Å². The Bertz CT molecular complexity index is 549. The molecule has 102 valence electrons. The number of hydrogen-bond acceptors (Lipinski definition) is 3. The Hall–Kier alpha value is -1.61. The summed E-state index contributed by atoms with van der Waals surface area (Å²) in [6.45, 7) is 11.3. The number of hydrogen-bond donors (Lipinski definition) is 1. The van der Waals surface area contributed by atoms with E-state index in [4.69, 9.17) is 4.52 Å². The summed E-state index contributed by atoms with van der Waals surface area (Å²) >= 11 is 0. The van der Waals surface area contributed by atoms with Crippen LogP contribution in [0.15, 0.2) is 22.7 Å². The van der Waals surface area contributed by atoms with Crippen LogP contribution in [0.2, 0.25) is 0 Å². The Balaban J connectivity index is 2.10. The van der Waals surface area contributed by atoms with Gasteiger partial charge in [-0.25, -0.2) is 0 Å². The summed E-state index contributed by atoms with van der Waals surface area (Å²) in [7, 11) is 0. The quantitative estimate of drug-likeness (QED) is 0.907. The lowest BCUT2D eigenvalue weighted by Crippen LogP contribution is -2.19. The summed E-state index contributed by atoms with van der Waals surface area (Å²) in [6, 6.07) is 6.73. The van der Waals surface area contributed by atoms with Crippen LogP contribution in [0, 0.1) is 27.7 Å². The van der Waals surface area contributed by atoms with E-state index in [0.717, 1.165) is 11.5 Å². The van der Waals surface area contributed by atoms with Crippen LogP contribution in [0.4, 0.5) is 0 Å². The van der Waals surface area contributed by atoms with Crippen molar-refractivity contribution < 1.29 is 4.52 Å². The Morgan fingerprint density at radius 3 is 2.26 bits per heavy atom. The molecule has 0 aliphatic rings. The molecule has 1 unspecified atom stereocenters. The highest BCUT2D eigenvalue weighted by Gasteiger charge is 2.12. The molecule has 0 bridgehead atoms. The first-order valence-corrected chi connectivity index (χ1v) is 6.70. The fourth-order valence-electron chi connectivity index (χ4n) is 2.73. The summed E-state index contributed by atoms with van der Waals surface area (Å²) in [5, 5.41) is 7.39. The van der Waals surface area contributed by atoms with Gasteiger partial charge in [0.05, 0.1) is 12.2 Å². The molecule has 3 nitrogen and oxygen atoms in total. The maximum atomic E-state index is 5.22. The van der Waals surface area contributed by atoms with E-state index in [9.17, 15) is 0 Å². The zero-order chi connectivity index (χ0) is 14.0. The third-order valence-electron chi connectivity index (χ3n) is 3.43. The maximum absolute atomic E-state index is 5.22. The van der Waals surface area contributed by atoms with Gasteiger partial charge in [-0.1, -0.05) is 22.9 Å². The highest BCUT2D eigenvalue weighted by Crippen LogP contribution is 2.23. The van der Waals surface area contributed by atoms with E-state index in [1.807, 2.05) is 13.0 Å². The summed E-state index contributed by atoms with van der Waals surface area (Å²) in [5.74, 6) is 0.881. The molecule has 0 aliphatic heterocycles. The number of aromatic nitrogens is 1. The molecular formula is C16H22N2O. The molecule has 0 spiro atoms. The summed E-state index contributed by atoms with van der Waals surface area (Å²) < 4.78 is 5.22. The summed E-state index contributed by atoms with van der Waals surface area (Å²) in [6.07, 6.45) is 0. The second-order valence-electron chi connectivity index (χ2n) is 5.35. The predicted molar refractivity (Wildman–Crippen MR) is 77.1 cm³/mol. The van der Waals surface area contributed by atoms with Crippen molar-refractivity contribution in [3.63, 3.8) is 0 Å². The highest BCUT2D eigenvalue weighted by molar-refractivity contribution is 5.39. The van der Waals surface area contributed by atoms with Crippen molar-refractivity contribution in [2.75, 3.05) is 0 Å². The van der Waals surface area contributed by atoms with Gasteiger partial charge in [-0.2, -0.15) is 0 Å². The minimum atomic E-state index is 0.297. The second kappa shape index (κ2) is 5.57. The summed E-state index contributed by atoms with van der Waals surface area (Å²) in [5.41, 5.74) is 6.29. The van der Waals surface area contributed by atoms with Crippen molar-refractivity contribution in [2.45, 2.75) is 47.2 Å². The van der Waals surface area contributed by atoms with E-state index in [2.05, 4.69) is 50.3 Å². The van der Waals surface area contributed by atoms with Crippen LogP contribution in [0.5, 0.6) is 0 Å². The Kier molecular flexibility index (Phi) is 4.05. The van der Waals surface area contributed by atoms with Crippen LogP contribution in [-0.2, 0) is 6.54 Å². The van der Waals surface area contributed by atoms with Gasteiger partial charge in [0.25, 0.3) is 0 Å². The number of nitrogens with zero attached hydrogens (tertiary/aromatic N) is 1. The van der Waals surface area contributed by atoms with Gasteiger partial charge in [0.1, 0.15) is 0 Å². The van der Waals surface area contributed by atoms with E-state index in [-0.39, 0.29) is 0 Å². The zero-order valence-electron chi connectivity index (χ0n) is 12.4. The fourth-order valence-corrected chi connectivity index (χ4v) is 2.73. The van der Waals surface area contributed by atoms with Crippen LogP contribution in [0.25, 0.3) is 0 Å².